The second-order valence-electron chi connectivity index (χ2n) is 9.10. The molecule has 0 fully saturated rings. The highest BCUT2D eigenvalue weighted by Gasteiger charge is 2.23. The predicted molar refractivity (Wildman–Crippen MR) is 166 cm³/mol. The van der Waals surface area contributed by atoms with E-state index in [1.165, 1.54) is 23.1 Å². The predicted octanol–water partition coefficient (Wildman–Crippen LogP) is 6.93. The van der Waals surface area contributed by atoms with Gasteiger partial charge in [0, 0.05) is 27.1 Å². The van der Waals surface area contributed by atoms with Crippen LogP contribution in [0.25, 0.3) is 6.08 Å². The lowest BCUT2D eigenvalue weighted by Gasteiger charge is -2.17. The molecule has 5 aromatic rings. The number of aromatic nitrogens is 1. The lowest BCUT2D eigenvalue weighted by Crippen LogP contribution is -2.30. The summed E-state index contributed by atoms with van der Waals surface area (Å²) in [5, 5.41) is 13.6. The summed E-state index contributed by atoms with van der Waals surface area (Å²) in [6.07, 6.45) is 1.64. The highest BCUT2D eigenvalue weighted by Crippen LogP contribution is 2.37. The minimum atomic E-state index is -0.603. The van der Waals surface area contributed by atoms with Crippen molar-refractivity contribution in [3.63, 3.8) is 0 Å². The number of anilines is 2. The van der Waals surface area contributed by atoms with Gasteiger partial charge >= 0.3 is 0 Å². The number of carbonyl (C=O) groups excluding carboxylic acids is 3. The minimum absolute atomic E-state index is 0.105. The van der Waals surface area contributed by atoms with Crippen LogP contribution < -0.4 is 16.0 Å². The molecular formula is C32H26N4O4S2. The van der Waals surface area contributed by atoms with Crippen molar-refractivity contribution >= 4 is 58.4 Å². The Morgan fingerprint density at radius 3 is 2.33 bits per heavy atom. The number of aryl methyl sites for hydroxylation is 1. The molecule has 1 atom stereocenters. The number of rotatable bonds is 10. The Balaban J connectivity index is 1.35. The number of nitrogens with one attached hydrogen (secondary N) is 3. The van der Waals surface area contributed by atoms with E-state index in [0.717, 1.165) is 15.3 Å². The average molecular weight is 595 g/mol. The van der Waals surface area contributed by atoms with Gasteiger partial charge in [0.1, 0.15) is 16.7 Å². The zero-order valence-corrected chi connectivity index (χ0v) is 24.1. The molecule has 210 valence electrons. The number of benzene rings is 3. The Bertz CT molecular complexity index is 1700. The highest BCUT2D eigenvalue weighted by atomic mass is 32.2. The van der Waals surface area contributed by atoms with Gasteiger partial charge in [-0.15, -0.1) is 23.1 Å². The topological polar surface area (TPSA) is 113 Å². The first-order valence-electron chi connectivity index (χ1n) is 12.9. The molecule has 0 saturated carbocycles. The van der Waals surface area contributed by atoms with E-state index < -0.39 is 17.1 Å². The Morgan fingerprint density at radius 1 is 0.881 bits per heavy atom. The van der Waals surface area contributed by atoms with E-state index in [4.69, 9.17) is 4.52 Å². The molecule has 8 nitrogen and oxygen atoms in total. The number of amides is 3. The maximum absolute atomic E-state index is 13.4. The van der Waals surface area contributed by atoms with Crippen LogP contribution in [0.15, 0.2) is 124 Å². The molecule has 0 aliphatic carbocycles. The third-order valence-corrected chi connectivity index (χ3v) is 7.99. The van der Waals surface area contributed by atoms with E-state index in [2.05, 4.69) is 21.1 Å². The first-order valence-corrected chi connectivity index (χ1v) is 14.7. The lowest BCUT2D eigenvalue weighted by molar-refractivity contribution is -0.116. The van der Waals surface area contributed by atoms with Gasteiger partial charge in [-0.05, 0) is 60.3 Å². The summed E-state index contributed by atoms with van der Waals surface area (Å²) in [7, 11) is 0. The first-order chi connectivity index (χ1) is 20.4. The van der Waals surface area contributed by atoms with Crippen LogP contribution in [-0.2, 0) is 9.59 Å². The molecule has 0 aliphatic rings. The van der Waals surface area contributed by atoms with Crippen molar-refractivity contribution < 1.29 is 18.9 Å². The summed E-state index contributed by atoms with van der Waals surface area (Å²) in [5.74, 6) is -0.211. The van der Waals surface area contributed by atoms with Crippen molar-refractivity contribution in [2.45, 2.75) is 17.1 Å². The molecule has 5 rings (SSSR count). The smallest absolute Gasteiger partial charge is 0.272 e. The molecule has 1 unspecified atom stereocenters. The van der Waals surface area contributed by atoms with Gasteiger partial charge in [0.25, 0.3) is 11.8 Å². The molecular weight excluding hydrogens is 569 g/mol. The van der Waals surface area contributed by atoms with Crippen LogP contribution in [0.5, 0.6) is 0 Å². The normalized spacial score (nSPS) is 11.9. The third-order valence-electron chi connectivity index (χ3n) is 5.92. The Morgan fingerprint density at radius 2 is 1.64 bits per heavy atom. The molecule has 0 radical (unpaired) electrons. The van der Waals surface area contributed by atoms with Crippen LogP contribution in [-0.4, -0.2) is 22.9 Å². The Kier molecular flexibility index (Phi) is 9.27. The van der Waals surface area contributed by atoms with E-state index in [9.17, 15) is 14.4 Å². The molecule has 10 heteroatoms. The van der Waals surface area contributed by atoms with E-state index in [1.807, 2.05) is 60.0 Å². The summed E-state index contributed by atoms with van der Waals surface area (Å²) >= 11 is 2.78. The van der Waals surface area contributed by atoms with Gasteiger partial charge in [0.2, 0.25) is 5.91 Å². The van der Waals surface area contributed by atoms with Gasteiger partial charge in [-0.1, -0.05) is 65.8 Å². The molecule has 0 saturated heterocycles. The van der Waals surface area contributed by atoms with Gasteiger partial charge < -0.3 is 20.5 Å². The zero-order valence-electron chi connectivity index (χ0n) is 22.4. The average Bonchev–Trinajstić information content (AvgIpc) is 3.68. The van der Waals surface area contributed by atoms with Gasteiger partial charge in [-0.2, -0.15) is 0 Å². The van der Waals surface area contributed by atoms with Gasteiger partial charge in [-0.25, -0.2) is 0 Å². The van der Waals surface area contributed by atoms with Crippen molar-refractivity contribution in [1.82, 2.24) is 10.5 Å². The van der Waals surface area contributed by atoms with Crippen molar-refractivity contribution in [1.29, 1.82) is 0 Å². The van der Waals surface area contributed by atoms with Crippen LogP contribution in [0.3, 0.4) is 0 Å². The van der Waals surface area contributed by atoms with Crippen molar-refractivity contribution in [3.8, 4) is 0 Å². The zero-order chi connectivity index (χ0) is 29.3. The molecule has 2 aromatic heterocycles. The van der Waals surface area contributed by atoms with Gasteiger partial charge in [0.15, 0.2) is 5.82 Å². The number of thioether (sulfide) groups is 1. The Hall–Kier alpha value is -4.93. The van der Waals surface area contributed by atoms with Gasteiger partial charge in [-0.3, -0.25) is 14.4 Å². The maximum atomic E-state index is 13.4. The van der Waals surface area contributed by atoms with Crippen LogP contribution in [0.4, 0.5) is 11.5 Å². The molecule has 3 N–H and O–H groups in total. The summed E-state index contributed by atoms with van der Waals surface area (Å²) < 4.78 is 5.08. The lowest BCUT2D eigenvalue weighted by atomic mass is 10.1. The molecule has 0 aliphatic heterocycles. The number of carbonyl (C=O) groups is 3. The fraction of sp³-hybridized carbons (Fsp3) is 0.0625. The van der Waals surface area contributed by atoms with Gasteiger partial charge in [0.05, 0.1) is 0 Å². The molecule has 42 heavy (non-hydrogen) atoms. The third kappa shape index (κ3) is 7.62. The summed E-state index contributed by atoms with van der Waals surface area (Å²) in [6.45, 7) is 1.75. The summed E-state index contributed by atoms with van der Waals surface area (Å²) in [6, 6.07) is 30.7. The highest BCUT2D eigenvalue weighted by molar-refractivity contribution is 8.00. The van der Waals surface area contributed by atoms with Crippen LogP contribution >= 0.6 is 23.1 Å². The SMILES string of the molecule is Cc1cc(NC(=O)C(Sc2cccc(NC(=O)/C(=C/c3cccs3)NC(=O)c3ccccc3)c2)c2ccccc2)no1. The van der Waals surface area contributed by atoms with Crippen LogP contribution in [0.2, 0.25) is 0 Å². The fourth-order valence-electron chi connectivity index (χ4n) is 3.96. The molecule has 2 heterocycles. The fourth-order valence-corrected chi connectivity index (χ4v) is 5.70. The monoisotopic (exact) mass is 594 g/mol. The minimum Gasteiger partial charge on any atom is -0.360 e. The summed E-state index contributed by atoms with van der Waals surface area (Å²) in [5.41, 5.74) is 1.86. The number of nitrogens with zero attached hydrogens (tertiary/aromatic N) is 1. The standard InChI is InChI=1S/C32H26N4O4S2/c1-21-18-28(36-40-21)35-32(39)29(22-10-4-2-5-11-22)42-26-15-8-14-24(19-26)33-31(38)27(20-25-16-9-17-41-25)34-30(37)23-12-6-3-7-13-23/h2-20,29H,1H3,(H,33,38)(H,34,37)(H,35,36,39)/b27-20-. The second-order valence-corrected chi connectivity index (χ2v) is 11.3. The van der Waals surface area contributed by atoms with E-state index >= 15 is 0 Å². The number of hydrogen-bond donors (Lipinski definition) is 3. The van der Waals surface area contributed by atoms with E-state index in [0.29, 0.717) is 22.8 Å². The summed E-state index contributed by atoms with van der Waals surface area (Å²) in [4.78, 5) is 41.2. The van der Waals surface area contributed by atoms with Crippen LogP contribution in [0.1, 0.15) is 31.8 Å². The number of hydrogen-bond acceptors (Lipinski definition) is 7. The van der Waals surface area contributed by atoms with Crippen molar-refractivity contribution in [3.05, 3.63) is 136 Å². The Labute approximate surface area is 250 Å². The first kappa shape index (κ1) is 28.6. The van der Waals surface area contributed by atoms with E-state index in [1.54, 1.807) is 61.5 Å². The van der Waals surface area contributed by atoms with E-state index in [-0.39, 0.29) is 11.6 Å². The molecule has 3 aromatic carbocycles. The van der Waals surface area contributed by atoms with Crippen molar-refractivity contribution in [2.75, 3.05) is 10.6 Å². The number of thiophene rings is 1. The van der Waals surface area contributed by atoms with Crippen LogP contribution in [0, 0.1) is 6.92 Å². The molecule has 0 bridgehead atoms. The van der Waals surface area contributed by atoms with Crippen molar-refractivity contribution in [2.24, 2.45) is 0 Å². The second kappa shape index (κ2) is 13.6. The maximum Gasteiger partial charge on any atom is 0.272 e. The largest absolute Gasteiger partial charge is 0.360 e. The molecule has 0 spiro atoms. The quantitative estimate of drug-likeness (QED) is 0.119. The molecule has 3 amide bonds.